The fourth-order valence-corrected chi connectivity index (χ4v) is 2.42. The van der Waals surface area contributed by atoms with Gasteiger partial charge >= 0.3 is 5.97 Å². The van der Waals surface area contributed by atoms with E-state index >= 15 is 0 Å². The molecule has 0 aromatic heterocycles. The van der Waals surface area contributed by atoms with Gasteiger partial charge in [0.15, 0.2) is 0 Å². The van der Waals surface area contributed by atoms with Gasteiger partial charge in [0.1, 0.15) is 5.54 Å². The first-order valence-electron chi connectivity index (χ1n) is 6.57. The van der Waals surface area contributed by atoms with E-state index < -0.39 is 5.54 Å². The summed E-state index contributed by atoms with van der Waals surface area (Å²) in [5.74, 6) is -0.143. The molecule has 1 N–H and O–H groups in total. The van der Waals surface area contributed by atoms with Gasteiger partial charge in [0.2, 0.25) is 0 Å². The van der Waals surface area contributed by atoms with Crippen molar-refractivity contribution >= 4 is 5.97 Å². The fraction of sp³-hybridized carbons (Fsp3) is 0.533. The number of nitrogens with one attached hydrogen (secondary N) is 1. The third kappa shape index (κ3) is 2.91. The number of unbranched alkanes of at least 4 members (excludes halogenated alkanes) is 1. The summed E-state index contributed by atoms with van der Waals surface area (Å²) in [4.78, 5) is 11.5. The van der Waals surface area contributed by atoms with Gasteiger partial charge in [-0.1, -0.05) is 36.8 Å². The highest BCUT2D eigenvalue weighted by Gasteiger charge is 2.55. The topological polar surface area (TPSA) is 48.2 Å². The molecule has 1 fully saturated rings. The lowest BCUT2D eigenvalue weighted by Crippen LogP contribution is -2.26. The Bertz CT molecular complexity index is 404. The molecule has 3 nitrogen and oxygen atoms in total. The maximum atomic E-state index is 11.5. The Morgan fingerprint density at radius 2 is 2.06 bits per heavy atom. The van der Waals surface area contributed by atoms with E-state index in [1.807, 2.05) is 13.0 Å². The third-order valence-corrected chi connectivity index (χ3v) is 3.75. The molecule has 98 valence electrons. The van der Waals surface area contributed by atoms with E-state index in [9.17, 15) is 4.79 Å². The fourth-order valence-electron chi connectivity index (χ4n) is 2.42. The average Bonchev–Trinajstić information content (AvgIpc) is 3.07. The standard InChI is InChI=1S/C15H21NO2/c1-15(14(17)18-2)13(16-15)11-7-6-10-12-8-4-3-5-9-12/h3-5,8-9,13,16H,6-7,10-11H2,1-2H3/t13-,15-/m0/s1. The van der Waals surface area contributed by atoms with Gasteiger partial charge in [0.25, 0.3) is 0 Å². The first-order chi connectivity index (χ1) is 8.66. The highest BCUT2D eigenvalue weighted by molar-refractivity contribution is 5.85. The van der Waals surface area contributed by atoms with Crippen molar-refractivity contribution in [2.45, 2.75) is 44.2 Å². The molecule has 0 radical (unpaired) electrons. The number of hydrogen-bond donors (Lipinski definition) is 1. The molecule has 0 saturated carbocycles. The van der Waals surface area contributed by atoms with E-state index in [1.54, 1.807) is 0 Å². The Kier molecular flexibility index (Phi) is 4.02. The smallest absolute Gasteiger partial charge is 0.327 e. The lowest BCUT2D eigenvalue weighted by atomic mass is 10.0. The van der Waals surface area contributed by atoms with Crippen molar-refractivity contribution < 1.29 is 9.53 Å². The summed E-state index contributed by atoms with van der Waals surface area (Å²) in [7, 11) is 1.44. The van der Waals surface area contributed by atoms with Crippen LogP contribution in [0.3, 0.4) is 0 Å². The monoisotopic (exact) mass is 247 g/mol. The Hall–Kier alpha value is -1.35. The summed E-state index contributed by atoms with van der Waals surface area (Å²) in [6.45, 7) is 1.92. The summed E-state index contributed by atoms with van der Waals surface area (Å²) in [5, 5.41) is 3.22. The summed E-state index contributed by atoms with van der Waals surface area (Å²) >= 11 is 0. The molecule has 2 atom stereocenters. The molecule has 0 aliphatic carbocycles. The number of methoxy groups -OCH3 is 1. The van der Waals surface area contributed by atoms with Crippen LogP contribution >= 0.6 is 0 Å². The second kappa shape index (κ2) is 5.53. The Morgan fingerprint density at radius 1 is 1.33 bits per heavy atom. The first kappa shape index (κ1) is 13.1. The van der Waals surface area contributed by atoms with Crippen LogP contribution in [0.2, 0.25) is 0 Å². The van der Waals surface area contributed by atoms with Crippen molar-refractivity contribution in [3.05, 3.63) is 35.9 Å². The molecule has 1 aliphatic rings. The van der Waals surface area contributed by atoms with Gasteiger partial charge in [-0.3, -0.25) is 10.1 Å². The van der Waals surface area contributed by atoms with E-state index in [-0.39, 0.29) is 5.97 Å². The Labute approximate surface area is 109 Å². The van der Waals surface area contributed by atoms with Crippen molar-refractivity contribution in [3.63, 3.8) is 0 Å². The maximum Gasteiger partial charge on any atom is 0.327 e. The van der Waals surface area contributed by atoms with Crippen LogP contribution in [-0.2, 0) is 16.0 Å². The van der Waals surface area contributed by atoms with Gasteiger partial charge in [-0.05, 0) is 31.7 Å². The number of aryl methyl sites for hydroxylation is 1. The summed E-state index contributed by atoms with van der Waals surface area (Å²) in [6.07, 6.45) is 4.46. The molecule has 0 unspecified atom stereocenters. The number of rotatable bonds is 6. The van der Waals surface area contributed by atoms with Crippen LogP contribution in [0.15, 0.2) is 30.3 Å². The minimum absolute atomic E-state index is 0.143. The van der Waals surface area contributed by atoms with E-state index in [2.05, 4.69) is 29.6 Å². The zero-order valence-electron chi connectivity index (χ0n) is 11.1. The van der Waals surface area contributed by atoms with E-state index in [4.69, 9.17) is 4.74 Å². The van der Waals surface area contributed by atoms with Crippen molar-refractivity contribution in [2.24, 2.45) is 0 Å². The normalized spacial score (nSPS) is 25.8. The van der Waals surface area contributed by atoms with Crippen LogP contribution in [0.4, 0.5) is 0 Å². The highest BCUT2D eigenvalue weighted by Crippen LogP contribution is 2.31. The van der Waals surface area contributed by atoms with Gasteiger partial charge in [0, 0.05) is 6.04 Å². The lowest BCUT2D eigenvalue weighted by Gasteiger charge is -2.05. The molecule has 0 spiro atoms. The van der Waals surface area contributed by atoms with Gasteiger partial charge < -0.3 is 4.74 Å². The molecule has 1 aromatic rings. The second-order valence-electron chi connectivity index (χ2n) is 5.12. The molecule has 3 heteroatoms. The highest BCUT2D eigenvalue weighted by atomic mass is 16.5. The van der Waals surface area contributed by atoms with Gasteiger partial charge in [-0.2, -0.15) is 0 Å². The van der Waals surface area contributed by atoms with E-state index in [0.717, 1.165) is 19.3 Å². The summed E-state index contributed by atoms with van der Waals surface area (Å²) in [6, 6.07) is 10.8. The molecule has 1 aromatic carbocycles. The maximum absolute atomic E-state index is 11.5. The van der Waals surface area contributed by atoms with Crippen molar-refractivity contribution in [1.82, 2.24) is 5.32 Å². The second-order valence-corrected chi connectivity index (χ2v) is 5.12. The third-order valence-electron chi connectivity index (χ3n) is 3.75. The van der Waals surface area contributed by atoms with E-state index in [0.29, 0.717) is 6.04 Å². The number of benzene rings is 1. The predicted octanol–water partition coefficient (Wildman–Crippen LogP) is 2.30. The van der Waals surface area contributed by atoms with Crippen LogP contribution in [0.1, 0.15) is 31.7 Å². The molecule has 2 rings (SSSR count). The Morgan fingerprint density at radius 3 is 2.72 bits per heavy atom. The zero-order valence-corrected chi connectivity index (χ0v) is 11.1. The van der Waals surface area contributed by atoms with Gasteiger partial charge in [-0.25, -0.2) is 0 Å². The number of carbonyl (C=O) groups is 1. The van der Waals surface area contributed by atoms with Crippen LogP contribution in [0, 0.1) is 0 Å². The minimum atomic E-state index is -0.429. The predicted molar refractivity (Wildman–Crippen MR) is 71.3 cm³/mol. The van der Waals surface area contributed by atoms with Crippen molar-refractivity contribution in [2.75, 3.05) is 7.11 Å². The van der Waals surface area contributed by atoms with Gasteiger partial charge in [0.05, 0.1) is 7.11 Å². The van der Waals surface area contributed by atoms with Crippen LogP contribution in [0.5, 0.6) is 0 Å². The first-order valence-corrected chi connectivity index (χ1v) is 6.57. The average molecular weight is 247 g/mol. The van der Waals surface area contributed by atoms with Gasteiger partial charge in [-0.15, -0.1) is 0 Å². The minimum Gasteiger partial charge on any atom is -0.468 e. The lowest BCUT2D eigenvalue weighted by molar-refractivity contribution is -0.143. The molecule has 18 heavy (non-hydrogen) atoms. The molecule has 0 bridgehead atoms. The Balaban J connectivity index is 1.65. The molecule has 1 aliphatic heterocycles. The SMILES string of the molecule is COC(=O)[C@@]1(C)N[C@H]1CCCCc1ccccc1. The molecule has 1 heterocycles. The zero-order chi connectivity index (χ0) is 13.0. The van der Waals surface area contributed by atoms with Crippen LogP contribution < -0.4 is 5.32 Å². The van der Waals surface area contributed by atoms with Crippen LogP contribution in [0.25, 0.3) is 0 Å². The number of esters is 1. The van der Waals surface area contributed by atoms with Crippen LogP contribution in [-0.4, -0.2) is 24.7 Å². The quantitative estimate of drug-likeness (QED) is 0.477. The largest absolute Gasteiger partial charge is 0.468 e. The van der Waals surface area contributed by atoms with Crippen molar-refractivity contribution in [1.29, 1.82) is 0 Å². The number of carbonyl (C=O) groups excluding carboxylic acids is 1. The van der Waals surface area contributed by atoms with E-state index in [1.165, 1.54) is 19.1 Å². The van der Waals surface area contributed by atoms with Crippen molar-refractivity contribution in [3.8, 4) is 0 Å². The molecular formula is C15H21NO2. The summed E-state index contributed by atoms with van der Waals surface area (Å²) < 4.78 is 4.78. The molecular weight excluding hydrogens is 226 g/mol. The molecule has 1 saturated heterocycles. The number of ether oxygens (including phenoxy) is 1. The summed E-state index contributed by atoms with van der Waals surface area (Å²) in [5.41, 5.74) is 0.957. The number of hydrogen-bond acceptors (Lipinski definition) is 3. The molecule has 0 amide bonds.